The van der Waals surface area contributed by atoms with Gasteiger partial charge in [-0.05, 0) is 37.2 Å². The lowest BCUT2D eigenvalue weighted by atomic mass is 9.94. The van der Waals surface area contributed by atoms with Crippen LogP contribution in [0.25, 0.3) is 0 Å². The van der Waals surface area contributed by atoms with E-state index in [2.05, 4.69) is 0 Å². The van der Waals surface area contributed by atoms with Crippen molar-refractivity contribution in [1.29, 1.82) is 0 Å². The summed E-state index contributed by atoms with van der Waals surface area (Å²) in [5, 5.41) is 0. The zero-order chi connectivity index (χ0) is 19.2. The fourth-order valence-electron chi connectivity index (χ4n) is 3.93. The Morgan fingerprint density at radius 3 is 2.15 bits per heavy atom. The molecule has 1 aliphatic carbocycles. The maximum absolute atomic E-state index is 13.3. The van der Waals surface area contributed by atoms with Crippen LogP contribution in [-0.2, 0) is 9.59 Å². The van der Waals surface area contributed by atoms with Gasteiger partial charge < -0.3 is 0 Å². The molecule has 3 rings (SSSR count). The van der Waals surface area contributed by atoms with Gasteiger partial charge in [0.25, 0.3) is 11.8 Å². The second-order valence-electron chi connectivity index (χ2n) is 7.48. The van der Waals surface area contributed by atoms with Crippen LogP contribution in [0.15, 0.2) is 9.81 Å². The summed E-state index contributed by atoms with van der Waals surface area (Å²) in [6.45, 7) is 2.44. The highest BCUT2D eigenvalue weighted by molar-refractivity contribution is 8.22. The van der Waals surface area contributed by atoms with Crippen LogP contribution in [0.4, 0.5) is 4.79 Å². The van der Waals surface area contributed by atoms with Gasteiger partial charge in [0.15, 0.2) is 0 Å². The highest BCUT2D eigenvalue weighted by atomic mass is 32.2. The molecular weight excluding hydrogens is 380 g/mol. The molecule has 3 fully saturated rings. The molecule has 0 atom stereocenters. The third kappa shape index (κ3) is 4.73. The third-order valence-electron chi connectivity index (χ3n) is 5.46. The number of carbonyl (C=O) groups excluding carboxylic acids is 3. The number of thioether (sulfide) groups is 2. The van der Waals surface area contributed by atoms with Crippen LogP contribution in [0.1, 0.15) is 71.1 Å². The molecule has 5 nitrogen and oxygen atoms in total. The lowest BCUT2D eigenvalue weighted by Crippen LogP contribution is -2.59. The zero-order valence-electron chi connectivity index (χ0n) is 16.2. The molecule has 150 valence electrons. The van der Waals surface area contributed by atoms with Crippen molar-refractivity contribution in [3.63, 3.8) is 0 Å². The number of rotatable bonds is 4. The first kappa shape index (κ1) is 20.8. The summed E-state index contributed by atoms with van der Waals surface area (Å²) in [4.78, 5) is 42.3. The normalized spacial score (nSPS) is 23.7. The first-order chi connectivity index (χ1) is 13.1. The Morgan fingerprint density at radius 1 is 0.889 bits per heavy atom. The van der Waals surface area contributed by atoms with Gasteiger partial charge in [0.05, 0.1) is 4.24 Å². The van der Waals surface area contributed by atoms with Crippen molar-refractivity contribution in [2.24, 2.45) is 0 Å². The van der Waals surface area contributed by atoms with Crippen LogP contribution in [0.3, 0.4) is 0 Å². The lowest BCUT2D eigenvalue weighted by Gasteiger charge is -2.39. The number of unbranched alkanes of at least 4 members (excludes halogenated alkanes) is 1. The second-order valence-corrected chi connectivity index (χ2v) is 9.95. The van der Waals surface area contributed by atoms with E-state index in [0.29, 0.717) is 6.54 Å². The maximum atomic E-state index is 13.3. The molecule has 7 heteroatoms. The van der Waals surface area contributed by atoms with E-state index in [1.54, 1.807) is 23.5 Å². The Labute approximate surface area is 170 Å². The van der Waals surface area contributed by atoms with Crippen molar-refractivity contribution in [3.8, 4) is 0 Å². The van der Waals surface area contributed by atoms with Gasteiger partial charge in [-0.2, -0.15) is 0 Å². The van der Waals surface area contributed by atoms with E-state index in [9.17, 15) is 14.4 Å². The summed E-state index contributed by atoms with van der Waals surface area (Å²) in [6.07, 6.45) is 10.1. The van der Waals surface area contributed by atoms with E-state index in [-0.39, 0.29) is 29.5 Å². The average molecular weight is 411 g/mol. The van der Waals surface area contributed by atoms with Gasteiger partial charge in [-0.15, -0.1) is 23.5 Å². The molecule has 0 spiro atoms. The Hall–Kier alpha value is -0.950. The van der Waals surface area contributed by atoms with Crippen molar-refractivity contribution in [2.45, 2.75) is 77.2 Å². The molecule has 4 amide bonds. The molecule has 0 radical (unpaired) electrons. The van der Waals surface area contributed by atoms with Crippen LogP contribution in [-0.4, -0.2) is 51.7 Å². The minimum Gasteiger partial charge on any atom is -0.268 e. The summed E-state index contributed by atoms with van der Waals surface area (Å²) in [6, 6.07) is -0.462. The number of amides is 4. The number of carbonyl (C=O) groups is 3. The standard InChI is InChI=1S/C20H30N2O3S2/c1-2-3-12-21-17(23)16(19-26-13-9-14-27-19)18(24)22(20(21)25)15-10-7-5-4-6-8-11-15/h15H,2-14H2,1H3. The number of hydrogen-bond donors (Lipinski definition) is 0. The minimum absolute atomic E-state index is 0.0725. The topological polar surface area (TPSA) is 57.7 Å². The molecule has 27 heavy (non-hydrogen) atoms. The van der Waals surface area contributed by atoms with Gasteiger partial charge in [-0.1, -0.05) is 45.4 Å². The number of hydrogen-bond acceptors (Lipinski definition) is 5. The predicted octanol–water partition coefficient (Wildman–Crippen LogP) is 4.77. The Morgan fingerprint density at radius 2 is 1.52 bits per heavy atom. The van der Waals surface area contributed by atoms with Gasteiger partial charge in [-0.3, -0.25) is 19.4 Å². The van der Waals surface area contributed by atoms with Crippen molar-refractivity contribution >= 4 is 41.4 Å². The summed E-state index contributed by atoms with van der Waals surface area (Å²) in [5.41, 5.74) is 0.252. The van der Waals surface area contributed by atoms with Gasteiger partial charge in [0.2, 0.25) is 0 Å². The SMILES string of the molecule is CCCCN1C(=O)C(=C2SCCCS2)C(=O)N(C2CCCCCCC2)C1=O. The fraction of sp³-hybridized carbons (Fsp3) is 0.750. The first-order valence-corrected chi connectivity index (χ1v) is 12.3. The molecule has 0 N–H and O–H groups in total. The number of imide groups is 2. The molecule has 1 saturated carbocycles. The third-order valence-corrected chi connectivity index (χ3v) is 8.09. The van der Waals surface area contributed by atoms with Crippen molar-refractivity contribution in [1.82, 2.24) is 9.80 Å². The van der Waals surface area contributed by atoms with Crippen molar-refractivity contribution in [2.75, 3.05) is 18.1 Å². The van der Waals surface area contributed by atoms with Gasteiger partial charge in [-0.25, -0.2) is 4.79 Å². The summed E-state index contributed by atoms with van der Waals surface area (Å²) < 4.78 is 0.820. The van der Waals surface area contributed by atoms with Gasteiger partial charge in [0.1, 0.15) is 5.57 Å². The van der Waals surface area contributed by atoms with E-state index in [0.717, 1.165) is 73.5 Å². The first-order valence-electron chi connectivity index (χ1n) is 10.3. The largest absolute Gasteiger partial charge is 0.334 e. The molecular formula is C20H30N2O3S2. The van der Waals surface area contributed by atoms with Crippen molar-refractivity contribution < 1.29 is 14.4 Å². The van der Waals surface area contributed by atoms with E-state index >= 15 is 0 Å². The molecule has 0 bridgehead atoms. The van der Waals surface area contributed by atoms with Crippen LogP contribution in [0.5, 0.6) is 0 Å². The highest BCUT2D eigenvalue weighted by Crippen LogP contribution is 2.40. The van der Waals surface area contributed by atoms with Crippen LogP contribution in [0, 0.1) is 0 Å². The Bertz CT molecular complexity index is 604. The smallest absolute Gasteiger partial charge is 0.268 e. The van der Waals surface area contributed by atoms with Crippen LogP contribution in [0.2, 0.25) is 0 Å². The molecule has 2 aliphatic heterocycles. The van der Waals surface area contributed by atoms with E-state index in [4.69, 9.17) is 0 Å². The van der Waals surface area contributed by atoms with E-state index in [1.807, 2.05) is 6.92 Å². The second kappa shape index (κ2) is 10.0. The zero-order valence-corrected chi connectivity index (χ0v) is 17.8. The van der Waals surface area contributed by atoms with E-state index in [1.165, 1.54) is 16.2 Å². The van der Waals surface area contributed by atoms with Crippen LogP contribution < -0.4 is 0 Å². The van der Waals surface area contributed by atoms with E-state index < -0.39 is 0 Å². The molecule has 0 aromatic heterocycles. The summed E-state index contributed by atoms with van der Waals surface area (Å²) in [5.74, 6) is 1.13. The molecule has 0 aromatic carbocycles. The Kier molecular flexibility index (Phi) is 7.70. The molecule has 3 aliphatic rings. The van der Waals surface area contributed by atoms with Crippen molar-refractivity contribution in [3.05, 3.63) is 9.81 Å². The van der Waals surface area contributed by atoms with Crippen LogP contribution >= 0.6 is 23.5 Å². The fourth-order valence-corrected chi connectivity index (χ4v) is 6.53. The summed E-state index contributed by atoms with van der Waals surface area (Å²) in [7, 11) is 0. The molecule has 0 aromatic rings. The van der Waals surface area contributed by atoms with Gasteiger partial charge >= 0.3 is 6.03 Å². The number of barbiturate groups is 1. The molecule has 2 saturated heterocycles. The van der Waals surface area contributed by atoms with Gasteiger partial charge in [0, 0.05) is 12.6 Å². The summed E-state index contributed by atoms with van der Waals surface area (Å²) >= 11 is 3.19. The Balaban J connectivity index is 1.93. The molecule has 0 unspecified atom stereocenters. The lowest BCUT2D eigenvalue weighted by molar-refractivity contribution is -0.137. The monoisotopic (exact) mass is 410 g/mol. The highest BCUT2D eigenvalue weighted by Gasteiger charge is 2.46. The predicted molar refractivity (Wildman–Crippen MR) is 112 cm³/mol. The maximum Gasteiger partial charge on any atom is 0.334 e. The average Bonchev–Trinajstić information content (AvgIpc) is 2.64. The molecule has 2 heterocycles. The quantitative estimate of drug-likeness (QED) is 0.493. The number of urea groups is 1. The minimum atomic E-state index is -0.390. The number of nitrogens with zero attached hydrogens (tertiary/aromatic N) is 2.